The van der Waals surface area contributed by atoms with Crippen LogP contribution in [-0.2, 0) is 13.8 Å². The van der Waals surface area contributed by atoms with Crippen LogP contribution in [0.1, 0.15) is 15.9 Å². The second-order valence-corrected chi connectivity index (χ2v) is 24.3. The lowest BCUT2D eigenvalue weighted by Gasteiger charge is -2.07. The molecule has 3 rings (SSSR count). The minimum absolute atomic E-state index is 0.143. The van der Waals surface area contributed by atoms with Crippen LogP contribution in [0.25, 0.3) is 11.1 Å². The van der Waals surface area contributed by atoms with Crippen molar-refractivity contribution in [3.63, 3.8) is 0 Å². The van der Waals surface area contributed by atoms with Gasteiger partial charge in [-0.2, -0.15) is 0 Å². The van der Waals surface area contributed by atoms with E-state index in [1.807, 2.05) is 37.3 Å². The highest BCUT2D eigenvalue weighted by Gasteiger charge is 2.10. The van der Waals surface area contributed by atoms with Gasteiger partial charge in [-0.05, 0) is 55.9 Å². The van der Waals surface area contributed by atoms with Gasteiger partial charge in [0, 0.05) is 25.7 Å². The van der Waals surface area contributed by atoms with Crippen LogP contribution in [0.5, 0.6) is 0 Å². The zero-order chi connectivity index (χ0) is 25.9. The predicted molar refractivity (Wildman–Crippen MR) is 165 cm³/mol. The Labute approximate surface area is 229 Å². The van der Waals surface area contributed by atoms with Crippen LogP contribution in [0.15, 0.2) is 76.1 Å². The van der Waals surface area contributed by atoms with Crippen LogP contribution >= 0.6 is 79.9 Å². The summed E-state index contributed by atoms with van der Waals surface area (Å²) in [6.45, 7) is 2.11. The van der Waals surface area contributed by atoms with Crippen molar-refractivity contribution in [2.75, 3.05) is 7.11 Å². The lowest BCUT2D eigenvalue weighted by atomic mass is 10.0. The number of halogens is 3. The van der Waals surface area contributed by atoms with E-state index >= 15 is 0 Å². The summed E-state index contributed by atoms with van der Waals surface area (Å²) in [5.41, 5.74) is 3.33. The molecule has 0 radical (unpaired) electrons. The molecule has 0 N–H and O–H groups in total. The van der Waals surface area contributed by atoms with Crippen LogP contribution in [0.3, 0.4) is 0 Å². The van der Waals surface area contributed by atoms with Crippen molar-refractivity contribution in [1.29, 1.82) is 0 Å². The summed E-state index contributed by atoms with van der Waals surface area (Å²) in [5, 5.41) is 0.524. The molecule has 0 amide bonds. The minimum Gasteiger partial charge on any atom is -0.465 e. The van der Waals surface area contributed by atoms with Gasteiger partial charge >= 0.3 is 5.97 Å². The molecule has 184 valence electrons. The van der Waals surface area contributed by atoms with Gasteiger partial charge in [0.25, 0.3) is 9.05 Å². The number of hydrogen-bond donors (Lipinski definition) is 0. The third-order valence-electron chi connectivity index (χ3n) is 3.98. The maximum atomic E-state index is 11.4. The van der Waals surface area contributed by atoms with Crippen LogP contribution in [0.2, 0.25) is 5.02 Å². The number of ether oxygens (including phenoxy) is 1. The normalized spacial score (nSPS) is 10.9. The van der Waals surface area contributed by atoms with Crippen LogP contribution < -0.4 is 0 Å². The molecule has 0 fully saturated rings. The van der Waals surface area contributed by atoms with E-state index in [1.165, 1.54) is 19.2 Å². The second kappa shape index (κ2) is 16.2. The summed E-state index contributed by atoms with van der Waals surface area (Å²) in [6.07, 6.45) is 0. The lowest BCUT2D eigenvalue weighted by Crippen LogP contribution is -2.00. The van der Waals surface area contributed by atoms with E-state index in [0.29, 0.717) is 10.6 Å². The fraction of sp³-hybridized carbons (Fsp3) is 0.0952. The molecule has 0 aliphatic carbocycles. The molecule has 34 heavy (non-hydrogen) atoms. The van der Waals surface area contributed by atoms with Crippen molar-refractivity contribution < 1.29 is 17.9 Å². The molecule has 4 atom stereocenters. The summed E-state index contributed by atoms with van der Waals surface area (Å²) < 4.78 is 27.0. The van der Waals surface area contributed by atoms with Crippen LogP contribution in [-0.4, -0.2) is 21.5 Å². The maximum absolute atomic E-state index is 11.4. The molecule has 0 bridgehead atoms. The molecule has 4 unspecified atom stereocenters. The summed E-state index contributed by atoms with van der Waals surface area (Å²) in [5.74, 6) is -0.391. The van der Waals surface area contributed by atoms with Gasteiger partial charge in [0.2, 0.25) is 0 Å². The van der Waals surface area contributed by atoms with E-state index in [4.69, 9.17) is 22.3 Å². The number of aryl methyl sites for hydroxylation is 1. The molecule has 0 aliphatic rings. The van der Waals surface area contributed by atoms with Crippen LogP contribution in [0, 0.1) is 6.92 Å². The number of carbonyl (C=O) groups excluding carboxylic acids is 1. The number of esters is 1. The number of carbonyl (C=O) groups is 1. The zero-order valence-corrected chi connectivity index (χ0v) is 27.5. The molecule has 0 aliphatic heterocycles. The van der Waals surface area contributed by atoms with E-state index in [9.17, 15) is 13.2 Å². The lowest BCUT2D eigenvalue weighted by molar-refractivity contribution is 0.0600. The molecule has 0 spiro atoms. The largest absolute Gasteiger partial charge is 0.465 e. The Balaban J connectivity index is 0.000000307. The van der Waals surface area contributed by atoms with Crippen molar-refractivity contribution in [3.8, 4) is 11.1 Å². The third-order valence-corrected chi connectivity index (χ3v) is 18.1. The Hall–Kier alpha value is 0.290. The molecule has 3 aromatic rings. The van der Waals surface area contributed by atoms with E-state index in [0.717, 1.165) is 29.1 Å². The van der Waals surface area contributed by atoms with Gasteiger partial charge in [-0.1, -0.05) is 71.4 Å². The number of benzene rings is 3. The zero-order valence-electron chi connectivity index (χ0n) is 18.2. The molecule has 13 heteroatoms. The van der Waals surface area contributed by atoms with Gasteiger partial charge in [0.05, 0.1) is 17.6 Å². The van der Waals surface area contributed by atoms with Gasteiger partial charge in [0.1, 0.15) is 0 Å². The van der Waals surface area contributed by atoms with Gasteiger partial charge < -0.3 is 4.74 Å². The van der Waals surface area contributed by atoms with Gasteiger partial charge in [-0.3, -0.25) is 0 Å². The topological polar surface area (TPSA) is 60.4 Å². The smallest absolute Gasteiger partial charge is 0.337 e. The van der Waals surface area contributed by atoms with Crippen LogP contribution in [0.4, 0.5) is 0 Å². The first-order valence-electron chi connectivity index (χ1n) is 9.30. The molecule has 3 aromatic carbocycles. The predicted octanol–water partition coefficient (Wildman–Crippen LogP) is 8.91. The SMILES string of the molecule is COC(=O)c1ccc(-c2cccc(Br)c2)c(Cl)c1.Cc1ccc(S(=O)(=O)Cl)cc1.PPP(P)P. The van der Waals surface area contributed by atoms with E-state index < -0.39 is 15.0 Å². The standard InChI is InChI=1S/C14H10BrClO2.C7H7ClO2S.H7P5/c1-18-14(17)10-5-6-12(13(16)8-10)9-3-2-4-11(15)7-9;1-6-2-4-7(5-3-6)11(8,9)10;1-4-5(2)3/h2-8H,1H3;2-5H,1H3;4H,1-3H2. The Morgan fingerprint density at radius 3 is 2.09 bits per heavy atom. The fourth-order valence-electron chi connectivity index (χ4n) is 2.35. The first kappa shape index (κ1) is 32.3. The average Bonchev–Trinajstić information content (AvgIpc) is 2.79. The molecule has 0 saturated heterocycles. The van der Waals surface area contributed by atoms with E-state index in [1.54, 1.807) is 24.3 Å². The van der Waals surface area contributed by atoms with Gasteiger partial charge in [0.15, 0.2) is 0 Å². The summed E-state index contributed by atoms with van der Waals surface area (Å²) >= 11 is 9.61. The Kier molecular flexibility index (Phi) is 15.4. The van der Waals surface area contributed by atoms with Crippen molar-refractivity contribution in [2.45, 2.75) is 11.8 Å². The first-order chi connectivity index (χ1) is 15.9. The molecule has 0 aromatic heterocycles. The quantitative estimate of drug-likeness (QED) is 0.157. The van der Waals surface area contributed by atoms with E-state index in [-0.39, 0.29) is 11.9 Å². The van der Waals surface area contributed by atoms with Crippen molar-refractivity contribution in [2.24, 2.45) is 0 Å². The molecular formula is C21H24BrCl2O4P5S. The fourth-order valence-corrected chi connectivity index (χ4v) is 3.81. The van der Waals surface area contributed by atoms with Gasteiger partial charge in [-0.15, -0.1) is 26.8 Å². The minimum atomic E-state index is -3.55. The summed E-state index contributed by atoms with van der Waals surface area (Å²) in [4.78, 5) is 11.5. The number of hydrogen-bond acceptors (Lipinski definition) is 4. The van der Waals surface area contributed by atoms with Crippen molar-refractivity contribution >= 4 is 95.0 Å². The molecule has 0 saturated carbocycles. The maximum Gasteiger partial charge on any atom is 0.337 e. The first-order valence-corrected chi connectivity index (χ1v) is 21.0. The summed E-state index contributed by atoms with van der Waals surface area (Å²) in [6, 6.07) is 19.3. The van der Waals surface area contributed by atoms with E-state index in [2.05, 4.69) is 47.5 Å². The number of rotatable bonds is 4. The Bertz CT molecular complexity index is 1200. The highest BCUT2D eigenvalue weighted by molar-refractivity contribution is 9.10. The highest BCUT2D eigenvalue weighted by atomic mass is 79.9. The molecule has 4 nitrogen and oxygen atoms in total. The van der Waals surface area contributed by atoms with Crippen molar-refractivity contribution in [3.05, 3.63) is 87.4 Å². The second-order valence-electron chi connectivity index (χ2n) is 6.48. The molecule has 0 heterocycles. The number of methoxy groups -OCH3 is 1. The average molecular weight is 678 g/mol. The third kappa shape index (κ3) is 12.0. The van der Waals surface area contributed by atoms with Gasteiger partial charge in [-0.25, -0.2) is 13.2 Å². The monoisotopic (exact) mass is 676 g/mol. The Morgan fingerprint density at radius 1 is 1.06 bits per heavy atom. The summed E-state index contributed by atoms with van der Waals surface area (Å²) in [7, 11) is 12.1. The molecular weight excluding hydrogens is 654 g/mol. The highest BCUT2D eigenvalue weighted by Crippen LogP contribution is 2.71. The van der Waals surface area contributed by atoms with Crippen molar-refractivity contribution in [1.82, 2.24) is 0 Å². The Morgan fingerprint density at radius 2 is 1.65 bits per heavy atom.